The van der Waals surface area contributed by atoms with Gasteiger partial charge in [0.05, 0.1) is 26.2 Å². The molecule has 2 fully saturated rings. The van der Waals surface area contributed by atoms with Crippen LogP contribution in [0.15, 0.2) is 30.3 Å². The van der Waals surface area contributed by atoms with Crippen LogP contribution < -0.4 is 10.1 Å². The Hall–Kier alpha value is -2.38. The second-order valence-electron chi connectivity index (χ2n) is 6.69. The third-order valence-electron chi connectivity index (χ3n) is 4.87. The van der Waals surface area contributed by atoms with Crippen molar-refractivity contribution in [1.82, 2.24) is 15.3 Å². The molecule has 2 aliphatic heterocycles. The molecule has 2 heterocycles. The van der Waals surface area contributed by atoms with Crippen LogP contribution in [0.2, 0.25) is 0 Å². The van der Waals surface area contributed by atoms with E-state index in [4.69, 9.17) is 9.57 Å². The molecule has 0 radical (unpaired) electrons. The number of amides is 2. The Kier molecular flexibility index (Phi) is 6.84. The van der Waals surface area contributed by atoms with Crippen molar-refractivity contribution in [3.8, 4) is 5.75 Å². The Balaban J connectivity index is 1.62. The second-order valence-corrected chi connectivity index (χ2v) is 6.69. The summed E-state index contributed by atoms with van der Waals surface area (Å²) in [5.74, 6) is 0.576. The SMILES string of the molecule is COc1ccccc1/C=C/CN1CCNC(=O)[C@@H]1CC(=O)N1CCCCO1. The zero-order valence-corrected chi connectivity index (χ0v) is 15.7. The van der Waals surface area contributed by atoms with Crippen LogP contribution in [-0.4, -0.2) is 67.7 Å². The van der Waals surface area contributed by atoms with Gasteiger partial charge in [0.15, 0.2) is 0 Å². The number of nitrogens with one attached hydrogen (secondary N) is 1. The number of nitrogens with zero attached hydrogens (tertiary/aromatic N) is 2. The Morgan fingerprint density at radius 3 is 2.96 bits per heavy atom. The first-order valence-corrected chi connectivity index (χ1v) is 9.43. The first kappa shape index (κ1) is 19.4. The van der Waals surface area contributed by atoms with Crippen molar-refractivity contribution >= 4 is 17.9 Å². The molecule has 7 heteroatoms. The number of hydrogen-bond acceptors (Lipinski definition) is 5. The van der Waals surface area contributed by atoms with Gasteiger partial charge in [0, 0.05) is 31.7 Å². The lowest BCUT2D eigenvalue weighted by Crippen LogP contribution is -2.56. The number of para-hydroxylation sites is 1. The summed E-state index contributed by atoms with van der Waals surface area (Å²) < 4.78 is 5.35. The maximum absolute atomic E-state index is 12.5. The topological polar surface area (TPSA) is 71.1 Å². The molecule has 0 aliphatic carbocycles. The van der Waals surface area contributed by atoms with Gasteiger partial charge < -0.3 is 10.1 Å². The maximum Gasteiger partial charge on any atom is 0.248 e. The highest BCUT2D eigenvalue weighted by atomic mass is 16.7. The fourth-order valence-corrected chi connectivity index (χ4v) is 3.38. The number of carbonyl (C=O) groups is 2. The monoisotopic (exact) mass is 373 g/mol. The van der Waals surface area contributed by atoms with Gasteiger partial charge in [-0.25, -0.2) is 5.06 Å². The minimum atomic E-state index is -0.473. The molecule has 1 aromatic rings. The summed E-state index contributed by atoms with van der Waals surface area (Å²) in [5.41, 5.74) is 0.982. The van der Waals surface area contributed by atoms with Crippen LogP contribution in [0.1, 0.15) is 24.8 Å². The number of hydroxylamine groups is 2. The number of rotatable bonds is 6. The predicted octanol–water partition coefficient (Wildman–Crippen LogP) is 1.45. The van der Waals surface area contributed by atoms with Gasteiger partial charge in [-0.1, -0.05) is 30.4 Å². The lowest BCUT2D eigenvalue weighted by atomic mass is 10.1. The minimum absolute atomic E-state index is 0.0997. The Morgan fingerprint density at radius 2 is 2.19 bits per heavy atom. The van der Waals surface area contributed by atoms with Gasteiger partial charge in [0.25, 0.3) is 0 Å². The summed E-state index contributed by atoms with van der Waals surface area (Å²) in [7, 11) is 1.64. The fourth-order valence-electron chi connectivity index (χ4n) is 3.38. The molecule has 0 saturated carbocycles. The molecule has 0 spiro atoms. The molecule has 146 valence electrons. The number of benzene rings is 1. The molecule has 3 rings (SSSR count). The van der Waals surface area contributed by atoms with Crippen LogP contribution in [0.3, 0.4) is 0 Å². The highest BCUT2D eigenvalue weighted by Gasteiger charge is 2.33. The largest absolute Gasteiger partial charge is 0.496 e. The number of methoxy groups -OCH3 is 1. The molecular weight excluding hydrogens is 346 g/mol. The highest BCUT2D eigenvalue weighted by molar-refractivity contribution is 5.88. The smallest absolute Gasteiger partial charge is 0.248 e. The second kappa shape index (κ2) is 9.53. The van der Waals surface area contributed by atoms with Gasteiger partial charge >= 0.3 is 0 Å². The number of ether oxygens (including phenoxy) is 1. The quantitative estimate of drug-likeness (QED) is 0.817. The summed E-state index contributed by atoms with van der Waals surface area (Å²) in [6, 6.07) is 7.30. The van der Waals surface area contributed by atoms with Gasteiger partial charge in [-0.3, -0.25) is 19.3 Å². The molecule has 7 nitrogen and oxygen atoms in total. The van der Waals surface area contributed by atoms with E-state index in [1.54, 1.807) is 7.11 Å². The van der Waals surface area contributed by atoms with Crippen molar-refractivity contribution in [2.45, 2.75) is 25.3 Å². The first-order chi connectivity index (χ1) is 13.2. The summed E-state index contributed by atoms with van der Waals surface area (Å²) in [4.78, 5) is 32.3. The van der Waals surface area contributed by atoms with E-state index < -0.39 is 6.04 Å². The van der Waals surface area contributed by atoms with Gasteiger partial charge in [0.1, 0.15) is 5.75 Å². The molecule has 2 aliphatic rings. The number of hydrogen-bond donors (Lipinski definition) is 1. The zero-order valence-electron chi connectivity index (χ0n) is 15.7. The van der Waals surface area contributed by atoms with Crippen LogP contribution >= 0.6 is 0 Å². The van der Waals surface area contributed by atoms with Crippen molar-refractivity contribution < 1.29 is 19.2 Å². The van der Waals surface area contributed by atoms with Crippen LogP contribution in [-0.2, 0) is 14.4 Å². The third kappa shape index (κ3) is 5.08. The average Bonchev–Trinajstić information content (AvgIpc) is 2.71. The Morgan fingerprint density at radius 1 is 1.33 bits per heavy atom. The lowest BCUT2D eigenvalue weighted by molar-refractivity contribution is -0.198. The molecule has 2 amide bonds. The Bertz CT molecular complexity index is 686. The van der Waals surface area contributed by atoms with Crippen molar-refractivity contribution in [2.24, 2.45) is 0 Å². The van der Waals surface area contributed by atoms with Crippen molar-refractivity contribution in [3.05, 3.63) is 35.9 Å². The summed E-state index contributed by atoms with van der Waals surface area (Å²) in [5, 5.41) is 4.27. The Labute approximate surface area is 159 Å². The first-order valence-electron chi connectivity index (χ1n) is 9.43. The average molecular weight is 373 g/mol. The summed E-state index contributed by atoms with van der Waals surface area (Å²) in [6.07, 6.45) is 6.03. The van der Waals surface area contributed by atoms with Gasteiger partial charge in [-0.2, -0.15) is 0 Å². The van der Waals surface area contributed by atoms with Crippen molar-refractivity contribution in [1.29, 1.82) is 0 Å². The maximum atomic E-state index is 12.5. The molecule has 2 saturated heterocycles. The van der Waals surface area contributed by atoms with Gasteiger partial charge in [-0.15, -0.1) is 0 Å². The lowest BCUT2D eigenvalue weighted by Gasteiger charge is -2.35. The number of piperazine rings is 1. The van der Waals surface area contributed by atoms with Gasteiger partial charge in [-0.05, 0) is 18.9 Å². The van der Waals surface area contributed by atoms with E-state index in [0.29, 0.717) is 32.8 Å². The van der Waals surface area contributed by atoms with Crippen molar-refractivity contribution in [2.75, 3.05) is 39.9 Å². The van der Waals surface area contributed by atoms with E-state index in [1.165, 1.54) is 5.06 Å². The van der Waals surface area contributed by atoms with Crippen LogP contribution in [0.25, 0.3) is 6.08 Å². The van der Waals surface area contributed by atoms with E-state index in [-0.39, 0.29) is 18.2 Å². The van der Waals surface area contributed by atoms with E-state index >= 15 is 0 Å². The molecule has 0 unspecified atom stereocenters. The highest BCUT2D eigenvalue weighted by Crippen LogP contribution is 2.19. The van der Waals surface area contributed by atoms with E-state index in [9.17, 15) is 9.59 Å². The molecule has 1 N–H and O–H groups in total. The van der Waals surface area contributed by atoms with E-state index in [2.05, 4.69) is 5.32 Å². The summed E-state index contributed by atoms with van der Waals surface area (Å²) >= 11 is 0. The molecule has 0 bridgehead atoms. The van der Waals surface area contributed by atoms with E-state index in [0.717, 1.165) is 24.2 Å². The zero-order chi connectivity index (χ0) is 19.1. The third-order valence-corrected chi connectivity index (χ3v) is 4.87. The molecule has 1 aromatic carbocycles. The molecular formula is C20H27N3O4. The number of carbonyl (C=O) groups excluding carboxylic acids is 2. The fraction of sp³-hybridized carbons (Fsp3) is 0.500. The van der Waals surface area contributed by atoms with Crippen LogP contribution in [0.5, 0.6) is 5.75 Å². The minimum Gasteiger partial charge on any atom is -0.496 e. The van der Waals surface area contributed by atoms with Crippen LogP contribution in [0, 0.1) is 0 Å². The molecule has 0 aromatic heterocycles. The van der Waals surface area contributed by atoms with Gasteiger partial charge in [0.2, 0.25) is 11.8 Å². The van der Waals surface area contributed by atoms with Crippen LogP contribution in [0.4, 0.5) is 0 Å². The molecule has 27 heavy (non-hydrogen) atoms. The van der Waals surface area contributed by atoms with Crippen molar-refractivity contribution in [3.63, 3.8) is 0 Å². The summed E-state index contributed by atoms with van der Waals surface area (Å²) in [6.45, 7) is 3.05. The predicted molar refractivity (Wildman–Crippen MR) is 102 cm³/mol. The molecule has 1 atom stereocenters. The standard InChI is InChI=1S/C20H27N3O4/c1-26-18-9-3-2-7-16(18)8-6-11-22-13-10-21-20(25)17(22)15-19(24)23-12-4-5-14-27-23/h2-3,6-9,17H,4-5,10-15H2,1H3,(H,21,25)/b8-6+/t17-/m0/s1. The van der Waals surface area contributed by atoms with E-state index in [1.807, 2.05) is 41.3 Å². The normalized spacial score (nSPS) is 21.3.